The molecular formula is C14H17NO5S. The van der Waals surface area contributed by atoms with Gasteiger partial charge in [0.1, 0.15) is 6.61 Å². The fourth-order valence-corrected chi connectivity index (χ4v) is 3.89. The highest BCUT2D eigenvalue weighted by molar-refractivity contribution is 7.89. The Hall–Kier alpha value is -1.43. The van der Waals surface area contributed by atoms with Crippen LogP contribution in [0.3, 0.4) is 0 Å². The number of benzene rings is 1. The van der Waals surface area contributed by atoms with Crippen LogP contribution >= 0.6 is 0 Å². The summed E-state index contributed by atoms with van der Waals surface area (Å²) in [7, 11) is -3.78. The average molecular weight is 311 g/mol. The average Bonchev–Trinajstić information content (AvgIpc) is 2.53. The van der Waals surface area contributed by atoms with E-state index >= 15 is 0 Å². The standard InChI is InChI=1S/C14H17NO5S/c16-8-3-5-12-4-1-2-6-14(12)21(18,19)15-7-9-20-11-13(15)10-17/h1-2,4,6,13,16-17H,7-11H2. The SMILES string of the molecule is O=S(=O)(c1ccccc1C#CCO)N1CCOCC1CO. The van der Waals surface area contributed by atoms with Crippen LogP contribution < -0.4 is 0 Å². The molecule has 1 unspecified atom stereocenters. The van der Waals surface area contributed by atoms with Gasteiger partial charge in [0.15, 0.2) is 0 Å². The minimum atomic E-state index is -3.78. The summed E-state index contributed by atoms with van der Waals surface area (Å²) in [6, 6.07) is 5.77. The Labute approximate surface area is 124 Å². The third-order valence-electron chi connectivity index (χ3n) is 3.16. The number of nitrogens with zero attached hydrogens (tertiary/aromatic N) is 1. The summed E-state index contributed by atoms with van der Waals surface area (Å²) in [5, 5.41) is 18.1. The van der Waals surface area contributed by atoms with E-state index in [-0.39, 0.29) is 31.3 Å². The minimum absolute atomic E-state index is 0.0753. The van der Waals surface area contributed by atoms with Crippen LogP contribution in [0.5, 0.6) is 0 Å². The van der Waals surface area contributed by atoms with Crippen molar-refractivity contribution in [3.8, 4) is 11.8 Å². The van der Waals surface area contributed by atoms with Crippen LogP contribution in [-0.4, -0.2) is 62.0 Å². The molecule has 0 amide bonds. The quantitative estimate of drug-likeness (QED) is 0.729. The molecule has 0 radical (unpaired) electrons. The lowest BCUT2D eigenvalue weighted by Crippen LogP contribution is -2.50. The van der Waals surface area contributed by atoms with Gasteiger partial charge in [0.2, 0.25) is 10.0 Å². The van der Waals surface area contributed by atoms with Crippen molar-refractivity contribution in [1.29, 1.82) is 0 Å². The van der Waals surface area contributed by atoms with E-state index in [0.29, 0.717) is 12.2 Å². The molecule has 2 N–H and O–H groups in total. The topological polar surface area (TPSA) is 87.1 Å². The molecule has 21 heavy (non-hydrogen) atoms. The number of hydrogen-bond acceptors (Lipinski definition) is 5. The number of aliphatic hydroxyl groups is 2. The van der Waals surface area contributed by atoms with Crippen LogP contribution in [0.25, 0.3) is 0 Å². The van der Waals surface area contributed by atoms with Gasteiger partial charge in [-0.3, -0.25) is 0 Å². The Balaban J connectivity index is 2.44. The third kappa shape index (κ3) is 3.43. The van der Waals surface area contributed by atoms with E-state index < -0.39 is 16.1 Å². The van der Waals surface area contributed by atoms with Gasteiger partial charge in [-0.25, -0.2) is 8.42 Å². The number of hydrogen-bond donors (Lipinski definition) is 2. The number of ether oxygens (including phenoxy) is 1. The molecule has 0 aromatic heterocycles. The van der Waals surface area contributed by atoms with Crippen molar-refractivity contribution in [3.63, 3.8) is 0 Å². The van der Waals surface area contributed by atoms with Crippen LogP contribution in [-0.2, 0) is 14.8 Å². The summed E-state index contributed by atoms with van der Waals surface area (Å²) in [4.78, 5) is 0.0753. The van der Waals surface area contributed by atoms with Gasteiger partial charge in [0.05, 0.1) is 30.8 Å². The molecule has 1 aliphatic rings. The molecule has 0 spiro atoms. The van der Waals surface area contributed by atoms with E-state index in [9.17, 15) is 13.5 Å². The van der Waals surface area contributed by atoms with Crippen LogP contribution in [0.15, 0.2) is 29.2 Å². The summed E-state index contributed by atoms with van der Waals surface area (Å²) in [6.45, 7) is 0.00463. The third-order valence-corrected chi connectivity index (χ3v) is 5.17. The first-order valence-corrected chi connectivity index (χ1v) is 7.94. The van der Waals surface area contributed by atoms with E-state index in [0.717, 1.165) is 0 Å². The van der Waals surface area contributed by atoms with Crippen molar-refractivity contribution in [1.82, 2.24) is 4.31 Å². The van der Waals surface area contributed by atoms with E-state index in [2.05, 4.69) is 11.8 Å². The predicted octanol–water partition coefficient (Wildman–Crippen LogP) is -0.588. The van der Waals surface area contributed by atoms with Gasteiger partial charge in [-0.1, -0.05) is 24.0 Å². The van der Waals surface area contributed by atoms with Gasteiger partial charge < -0.3 is 14.9 Å². The molecule has 2 rings (SSSR count). The van der Waals surface area contributed by atoms with Gasteiger partial charge in [0, 0.05) is 12.1 Å². The monoisotopic (exact) mass is 311 g/mol. The van der Waals surface area contributed by atoms with Crippen molar-refractivity contribution < 1.29 is 23.4 Å². The van der Waals surface area contributed by atoms with Crippen molar-refractivity contribution in [2.24, 2.45) is 0 Å². The molecule has 7 heteroatoms. The van der Waals surface area contributed by atoms with Crippen molar-refractivity contribution in [3.05, 3.63) is 29.8 Å². The molecule has 114 valence electrons. The normalized spacial score (nSPS) is 19.8. The first kappa shape index (κ1) is 15.9. The fourth-order valence-electron chi connectivity index (χ4n) is 2.16. The first-order valence-electron chi connectivity index (χ1n) is 6.50. The summed E-state index contributed by atoms with van der Waals surface area (Å²) in [6.07, 6.45) is 0. The smallest absolute Gasteiger partial charge is 0.244 e. The largest absolute Gasteiger partial charge is 0.395 e. The number of aliphatic hydroxyl groups excluding tert-OH is 2. The second-order valence-corrected chi connectivity index (χ2v) is 6.34. The molecule has 0 saturated carbocycles. The van der Waals surface area contributed by atoms with Gasteiger partial charge in [-0.2, -0.15) is 4.31 Å². The molecule has 0 bridgehead atoms. The highest BCUT2D eigenvalue weighted by Crippen LogP contribution is 2.23. The molecule has 1 aromatic rings. The van der Waals surface area contributed by atoms with Crippen LogP contribution in [0.4, 0.5) is 0 Å². The van der Waals surface area contributed by atoms with E-state index in [4.69, 9.17) is 9.84 Å². The Kier molecular flexibility index (Phi) is 5.33. The predicted molar refractivity (Wildman–Crippen MR) is 76.0 cm³/mol. The van der Waals surface area contributed by atoms with E-state index in [1.54, 1.807) is 18.2 Å². The van der Waals surface area contributed by atoms with Crippen molar-refractivity contribution in [2.75, 3.05) is 33.0 Å². The van der Waals surface area contributed by atoms with Crippen LogP contribution in [0, 0.1) is 11.8 Å². The molecule has 1 atom stereocenters. The Morgan fingerprint density at radius 2 is 2.10 bits per heavy atom. The van der Waals surface area contributed by atoms with E-state index in [1.807, 2.05) is 0 Å². The fraction of sp³-hybridized carbons (Fsp3) is 0.429. The van der Waals surface area contributed by atoms with E-state index in [1.165, 1.54) is 10.4 Å². The molecule has 1 saturated heterocycles. The summed E-state index contributed by atoms with van der Waals surface area (Å²) in [5.41, 5.74) is 0.328. The Morgan fingerprint density at radius 3 is 2.81 bits per heavy atom. The zero-order valence-electron chi connectivity index (χ0n) is 11.4. The van der Waals surface area contributed by atoms with Gasteiger partial charge >= 0.3 is 0 Å². The lowest BCUT2D eigenvalue weighted by molar-refractivity contribution is 0.0109. The first-order chi connectivity index (χ1) is 10.1. The molecule has 1 heterocycles. The summed E-state index contributed by atoms with van der Waals surface area (Å²) < 4.78 is 32.0. The van der Waals surface area contributed by atoms with Crippen molar-refractivity contribution in [2.45, 2.75) is 10.9 Å². The maximum Gasteiger partial charge on any atom is 0.244 e. The molecule has 1 fully saturated rings. The summed E-state index contributed by atoms with van der Waals surface area (Å²) >= 11 is 0. The summed E-state index contributed by atoms with van der Waals surface area (Å²) in [5.74, 6) is 5.10. The highest BCUT2D eigenvalue weighted by Gasteiger charge is 2.34. The molecule has 1 aromatic carbocycles. The van der Waals surface area contributed by atoms with Gasteiger partial charge in [-0.15, -0.1) is 0 Å². The van der Waals surface area contributed by atoms with Crippen LogP contribution in [0.2, 0.25) is 0 Å². The van der Waals surface area contributed by atoms with Crippen LogP contribution in [0.1, 0.15) is 5.56 Å². The number of rotatable bonds is 3. The minimum Gasteiger partial charge on any atom is -0.395 e. The van der Waals surface area contributed by atoms with Gasteiger partial charge in [-0.05, 0) is 12.1 Å². The Morgan fingerprint density at radius 1 is 1.33 bits per heavy atom. The second-order valence-electron chi connectivity index (χ2n) is 4.48. The molecule has 1 aliphatic heterocycles. The zero-order chi connectivity index (χ0) is 15.3. The van der Waals surface area contributed by atoms with Gasteiger partial charge in [0.25, 0.3) is 0 Å². The number of morpholine rings is 1. The maximum absolute atomic E-state index is 12.8. The maximum atomic E-state index is 12.8. The van der Waals surface area contributed by atoms with Crippen molar-refractivity contribution >= 4 is 10.0 Å². The lowest BCUT2D eigenvalue weighted by atomic mass is 10.2. The number of sulfonamides is 1. The molecule has 0 aliphatic carbocycles. The molecule has 6 nitrogen and oxygen atoms in total. The highest BCUT2D eigenvalue weighted by atomic mass is 32.2. The molecular weight excluding hydrogens is 294 g/mol. The second kappa shape index (κ2) is 7.02. The Bertz CT molecular complexity index is 647. The zero-order valence-corrected chi connectivity index (χ0v) is 12.2. The lowest BCUT2D eigenvalue weighted by Gasteiger charge is -2.33.